The number of aliphatic hydroxyl groups excluding tert-OH is 2. The van der Waals surface area contributed by atoms with Gasteiger partial charge < -0.3 is 30.3 Å². The van der Waals surface area contributed by atoms with Crippen molar-refractivity contribution < 1.29 is 29.3 Å². The van der Waals surface area contributed by atoms with E-state index in [-0.39, 0.29) is 38.2 Å². The number of ether oxygens (including phenoxy) is 2. The molecule has 0 bridgehead atoms. The lowest BCUT2D eigenvalue weighted by Crippen LogP contribution is -2.28. The maximum atomic E-state index is 11.4. The summed E-state index contributed by atoms with van der Waals surface area (Å²) in [6.07, 6.45) is 2.06. The van der Waals surface area contributed by atoms with Crippen molar-refractivity contribution in [3.05, 3.63) is 0 Å². The summed E-state index contributed by atoms with van der Waals surface area (Å²) in [6, 6.07) is 0. The highest BCUT2D eigenvalue weighted by atomic mass is 16.5. The van der Waals surface area contributed by atoms with Crippen molar-refractivity contribution in [2.75, 3.05) is 52.7 Å². The Morgan fingerprint density at radius 3 is 1.50 bits per heavy atom. The zero-order valence-electron chi connectivity index (χ0n) is 13.0. The molecule has 0 aliphatic heterocycles. The molecule has 0 aromatic carbocycles. The molecule has 0 aromatic heterocycles. The zero-order valence-corrected chi connectivity index (χ0v) is 13.0. The lowest BCUT2D eigenvalue weighted by molar-refractivity contribution is -0.123. The van der Waals surface area contributed by atoms with Crippen LogP contribution in [0.2, 0.25) is 0 Å². The van der Waals surface area contributed by atoms with Crippen LogP contribution < -0.4 is 10.6 Å². The molecular formula is C14H28N2O6. The average Bonchev–Trinajstić information content (AvgIpc) is 2.51. The van der Waals surface area contributed by atoms with Gasteiger partial charge in [0.1, 0.15) is 0 Å². The number of hydrogen-bond acceptors (Lipinski definition) is 6. The van der Waals surface area contributed by atoms with Gasteiger partial charge >= 0.3 is 0 Å². The molecular weight excluding hydrogens is 292 g/mol. The molecule has 130 valence electrons. The molecule has 0 aliphatic rings. The normalized spacial score (nSPS) is 10.5. The van der Waals surface area contributed by atoms with Crippen LogP contribution in [0.15, 0.2) is 0 Å². The molecule has 0 heterocycles. The van der Waals surface area contributed by atoms with E-state index >= 15 is 0 Å². The van der Waals surface area contributed by atoms with Crippen molar-refractivity contribution in [3.63, 3.8) is 0 Å². The Bertz CT molecular complexity index is 261. The van der Waals surface area contributed by atoms with Crippen molar-refractivity contribution in [3.8, 4) is 0 Å². The van der Waals surface area contributed by atoms with E-state index in [1.165, 1.54) is 0 Å². The highest BCUT2D eigenvalue weighted by Crippen LogP contribution is 1.99. The molecule has 0 unspecified atom stereocenters. The van der Waals surface area contributed by atoms with Crippen molar-refractivity contribution in [1.29, 1.82) is 0 Å². The van der Waals surface area contributed by atoms with Crippen LogP contribution in [0.5, 0.6) is 0 Å². The van der Waals surface area contributed by atoms with E-state index < -0.39 is 0 Å². The van der Waals surface area contributed by atoms with Gasteiger partial charge in [0.05, 0.1) is 39.6 Å². The fourth-order valence-electron chi connectivity index (χ4n) is 1.61. The molecule has 0 spiro atoms. The maximum Gasteiger partial charge on any atom is 0.220 e. The first-order valence-electron chi connectivity index (χ1n) is 7.61. The van der Waals surface area contributed by atoms with Gasteiger partial charge in [-0.3, -0.25) is 9.59 Å². The molecule has 22 heavy (non-hydrogen) atoms. The lowest BCUT2D eigenvalue weighted by Gasteiger charge is -2.07. The van der Waals surface area contributed by atoms with Gasteiger partial charge in [-0.05, 0) is 12.8 Å². The monoisotopic (exact) mass is 320 g/mol. The third-order valence-electron chi connectivity index (χ3n) is 2.67. The Morgan fingerprint density at radius 2 is 1.14 bits per heavy atom. The van der Waals surface area contributed by atoms with E-state index in [1.807, 2.05) is 0 Å². The molecule has 0 radical (unpaired) electrons. The quantitative estimate of drug-likeness (QED) is 0.282. The Balaban J connectivity index is 3.32. The van der Waals surface area contributed by atoms with Gasteiger partial charge in [0.25, 0.3) is 0 Å². The van der Waals surface area contributed by atoms with E-state index in [0.717, 1.165) is 0 Å². The first kappa shape index (κ1) is 20.8. The minimum atomic E-state index is -0.0644. The van der Waals surface area contributed by atoms with Crippen molar-refractivity contribution in [2.24, 2.45) is 0 Å². The predicted molar refractivity (Wildman–Crippen MR) is 80.3 cm³/mol. The second kappa shape index (κ2) is 16.2. The number of amides is 2. The number of carbonyl (C=O) groups excluding carboxylic acids is 2. The van der Waals surface area contributed by atoms with Crippen LogP contribution in [0.1, 0.15) is 25.7 Å². The van der Waals surface area contributed by atoms with Crippen LogP contribution in [0.3, 0.4) is 0 Å². The lowest BCUT2D eigenvalue weighted by atomic mass is 10.2. The third kappa shape index (κ3) is 15.2. The largest absolute Gasteiger partial charge is 0.394 e. The highest BCUT2D eigenvalue weighted by molar-refractivity contribution is 5.77. The predicted octanol–water partition coefficient (Wildman–Crippen LogP) is -1.20. The summed E-state index contributed by atoms with van der Waals surface area (Å²) < 4.78 is 10.0. The Hall–Kier alpha value is -1.22. The standard InChI is InChI=1S/C14H28N2O6/c17-7-11-21-9-5-15-13(19)3-1-2-4-14(20)16-6-10-22-12-8-18/h17-18H,1-12H2,(H,15,19)(H,16,20). The summed E-state index contributed by atoms with van der Waals surface area (Å²) in [4.78, 5) is 22.9. The Kier molecular flexibility index (Phi) is 15.3. The van der Waals surface area contributed by atoms with Crippen LogP contribution in [0.25, 0.3) is 0 Å². The summed E-state index contributed by atoms with van der Waals surface area (Å²) in [5, 5.41) is 22.4. The fourth-order valence-corrected chi connectivity index (χ4v) is 1.61. The number of hydrogen-bond donors (Lipinski definition) is 4. The summed E-state index contributed by atoms with van der Waals surface area (Å²) in [5.74, 6) is -0.129. The smallest absolute Gasteiger partial charge is 0.220 e. The first-order valence-corrected chi connectivity index (χ1v) is 7.61. The van der Waals surface area contributed by atoms with Crippen LogP contribution in [-0.4, -0.2) is 74.8 Å². The van der Waals surface area contributed by atoms with E-state index in [2.05, 4.69) is 10.6 Å². The summed E-state index contributed by atoms with van der Waals surface area (Å²) in [6.45, 7) is 2.11. The molecule has 8 heteroatoms. The van der Waals surface area contributed by atoms with Crippen molar-refractivity contribution in [1.82, 2.24) is 10.6 Å². The van der Waals surface area contributed by atoms with Crippen LogP contribution >= 0.6 is 0 Å². The maximum absolute atomic E-state index is 11.4. The molecule has 0 saturated heterocycles. The van der Waals surface area contributed by atoms with Crippen molar-refractivity contribution >= 4 is 11.8 Å². The highest BCUT2D eigenvalue weighted by Gasteiger charge is 2.03. The van der Waals surface area contributed by atoms with Gasteiger partial charge in [0, 0.05) is 25.9 Å². The topological polar surface area (TPSA) is 117 Å². The van der Waals surface area contributed by atoms with Gasteiger partial charge in [0.15, 0.2) is 0 Å². The van der Waals surface area contributed by atoms with Gasteiger partial charge in [-0.2, -0.15) is 0 Å². The van der Waals surface area contributed by atoms with Crippen LogP contribution in [0.4, 0.5) is 0 Å². The van der Waals surface area contributed by atoms with Crippen LogP contribution in [-0.2, 0) is 19.1 Å². The number of carbonyl (C=O) groups is 2. The molecule has 0 saturated carbocycles. The zero-order chi connectivity index (χ0) is 16.5. The third-order valence-corrected chi connectivity index (χ3v) is 2.67. The Labute approximate surface area is 131 Å². The molecule has 0 aromatic rings. The molecule has 8 nitrogen and oxygen atoms in total. The van der Waals surface area contributed by atoms with E-state index in [1.54, 1.807) is 0 Å². The van der Waals surface area contributed by atoms with E-state index in [9.17, 15) is 9.59 Å². The SMILES string of the molecule is O=C(CCCCC(=O)NCCOCCO)NCCOCCO. The van der Waals surface area contributed by atoms with Gasteiger partial charge in [-0.1, -0.05) is 0 Å². The number of nitrogens with one attached hydrogen (secondary N) is 2. The van der Waals surface area contributed by atoms with Gasteiger partial charge in [-0.15, -0.1) is 0 Å². The number of unbranched alkanes of at least 4 members (excludes halogenated alkanes) is 1. The minimum Gasteiger partial charge on any atom is -0.394 e. The molecule has 2 amide bonds. The minimum absolute atomic E-state index is 0.0242. The average molecular weight is 320 g/mol. The van der Waals surface area contributed by atoms with Gasteiger partial charge in [-0.25, -0.2) is 0 Å². The van der Waals surface area contributed by atoms with Gasteiger partial charge in [0.2, 0.25) is 11.8 Å². The molecule has 0 atom stereocenters. The first-order chi connectivity index (χ1) is 10.7. The second-order valence-electron chi connectivity index (χ2n) is 4.58. The fraction of sp³-hybridized carbons (Fsp3) is 0.857. The van der Waals surface area contributed by atoms with Crippen molar-refractivity contribution in [2.45, 2.75) is 25.7 Å². The molecule has 0 aliphatic carbocycles. The second-order valence-corrected chi connectivity index (χ2v) is 4.58. The molecule has 4 N–H and O–H groups in total. The molecule has 0 rings (SSSR count). The van der Waals surface area contributed by atoms with E-state index in [4.69, 9.17) is 19.7 Å². The number of aliphatic hydroxyl groups is 2. The summed E-state index contributed by atoms with van der Waals surface area (Å²) in [5.41, 5.74) is 0. The number of rotatable bonds is 15. The molecule has 0 fully saturated rings. The van der Waals surface area contributed by atoms with E-state index in [0.29, 0.717) is 52.0 Å². The summed E-state index contributed by atoms with van der Waals surface area (Å²) >= 11 is 0. The Morgan fingerprint density at radius 1 is 0.727 bits per heavy atom. The van der Waals surface area contributed by atoms with Crippen LogP contribution in [0, 0.1) is 0 Å². The summed E-state index contributed by atoms with van der Waals surface area (Å²) in [7, 11) is 0.